The van der Waals surface area contributed by atoms with Crippen LogP contribution in [0.3, 0.4) is 0 Å². The topological polar surface area (TPSA) is 74.6 Å². The Kier molecular flexibility index (Phi) is 18.2. The molecule has 0 fully saturated rings. The van der Waals surface area contributed by atoms with Crippen LogP contribution in [0, 0.1) is 10.8 Å². The Bertz CT molecular complexity index is 543. The maximum absolute atomic E-state index is 11.1. The van der Waals surface area contributed by atoms with Crippen LogP contribution < -0.4 is 0 Å². The Balaban J connectivity index is 0. The fourth-order valence-electron chi connectivity index (χ4n) is 2.88. The molecular formula is C24H40I2O4. The van der Waals surface area contributed by atoms with Gasteiger partial charge in [0.15, 0.2) is 0 Å². The van der Waals surface area contributed by atoms with Crippen LogP contribution in [0.15, 0.2) is 24.3 Å². The van der Waals surface area contributed by atoms with Crippen LogP contribution >= 0.6 is 37.2 Å². The highest BCUT2D eigenvalue weighted by molar-refractivity contribution is 15.0. The average molecular weight is 646 g/mol. The number of rotatable bonds is 12. The van der Waals surface area contributed by atoms with E-state index in [1.54, 1.807) is 27.7 Å². The number of benzene rings is 1. The number of carbonyl (C=O) groups is 2. The van der Waals surface area contributed by atoms with Gasteiger partial charge in [0.25, 0.3) is 0 Å². The van der Waals surface area contributed by atoms with E-state index in [4.69, 9.17) is 10.2 Å². The Morgan fingerprint density at radius 1 is 0.700 bits per heavy atom. The predicted molar refractivity (Wildman–Crippen MR) is 144 cm³/mol. The summed E-state index contributed by atoms with van der Waals surface area (Å²) < 4.78 is 0. The minimum atomic E-state index is -0.728. The van der Waals surface area contributed by atoms with Gasteiger partial charge in [0, 0.05) is 37.2 Å². The second-order valence-corrected chi connectivity index (χ2v) is 8.61. The predicted octanol–water partition coefficient (Wildman–Crippen LogP) is 8.13. The van der Waals surface area contributed by atoms with Crippen molar-refractivity contribution in [2.45, 2.75) is 92.9 Å². The van der Waals surface area contributed by atoms with E-state index in [0.29, 0.717) is 12.8 Å². The molecule has 0 aromatic heterocycles. The van der Waals surface area contributed by atoms with Crippen molar-refractivity contribution in [2.75, 3.05) is 0 Å². The van der Waals surface area contributed by atoms with Crippen molar-refractivity contribution in [3.05, 3.63) is 35.4 Å². The first-order chi connectivity index (χ1) is 14.0. The van der Waals surface area contributed by atoms with Crippen LogP contribution in [0.2, 0.25) is 0 Å². The number of aliphatic carboxylic acids is 2. The highest BCUT2D eigenvalue weighted by atomic mass is 128. The molecule has 1 aromatic carbocycles. The van der Waals surface area contributed by atoms with Crippen molar-refractivity contribution in [1.82, 2.24) is 0 Å². The van der Waals surface area contributed by atoms with Gasteiger partial charge in [-0.15, -0.1) is 0 Å². The molecule has 0 aliphatic rings. The minimum Gasteiger partial charge on any atom is -0.481 e. The molecule has 6 heteroatoms. The Hall–Kier alpha value is -0.380. The fraction of sp³-hybridized carbons (Fsp3) is 0.667. The van der Waals surface area contributed by atoms with Gasteiger partial charge in [-0.25, -0.2) is 0 Å². The van der Waals surface area contributed by atoms with E-state index in [1.807, 2.05) is 13.8 Å². The van der Waals surface area contributed by atoms with Gasteiger partial charge < -0.3 is 10.2 Å². The van der Waals surface area contributed by atoms with Crippen LogP contribution in [-0.4, -0.2) is 22.2 Å². The molecule has 2 N–H and O–H groups in total. The third kappa shape index (κ3) is 13.8. The summed E-state index contributed by atoms with van der Waals surface area (Å²) in [6.45, 7) is 11.1. The van der Waals surface area contributed by atoms with Gasteiger partial charge in [-0.2, -0.15) is 0 Å². The fourth-order valence-corrected chi connectivity index (χ4v) is 2.88. The number of carboxylic acids is 2. The highest BCUT2D eigenvalue weighted by Crippen LogP contribution is 2.25. The van der Waals surface area contributed by atoms with Gasteiger partial charge in [0.1, 0.15) is 0 Å². The molecule has 4 nitrogen and oxygen atoms in total. The lowest BCUT2D eigenvalue weighted by Crippen LogP contribution is -2.23. The third-order valence-corrected chi connectivity index (χ3v) is 5.22. The van der Waals surface area contributed by atoms with E-state index in [0.717, 1.165) is 38.5 Å². The van der Waals surface area contributed by atoms with Crippen molar-refractivity contribution in [2.24, 2.45) is 10.8 Å². The summed E-state index contributed by atoms with van der Waals surface area (Å²) in [7, 11) is 0. The highest BCUT2D eigenvalue weighted by Gasteiger charge is 2.26. The van der Waals surface area contributed by atoms with E-state index in [1.165, 1.54) is 11.1 Å². The van der Waals surface area contributed by atoms with Crippen LogP contribution in [0.1, 0.15) is 91.2 Å². The van der Waals surface area contributed by atoms with Crippen LogP contribution in [-0.2, 0) is 22.4 Å². The maximum Gasteiger partial charge on any atom is 0.309 e. The van der Waals surface area contributed by atoms with E-state index < -0.39 is 22.8 Å². The van der Waals surface area contributed by atoms with Gasteiger partial charge in [0.05, 0.1) is 10.8 Å². The quantitative estimate of drug-likeness (QED) is 0.178. The number of hydrogen-bond donors (Lipinski definition) is 2. The lowest BCUT2D eigenvalue weighted by atomic mass is 9.86. The number of halogens is 2. The molecular weight excluding hydrogens is 606 g/mol. The first-order valence-electron chi connectivity index (χ1n) is 10.7. The molecule has 0 aliphatic carbocycles. The Morgan fingerprint density at radius 2 is 0.967 bits per heavy atom. The normalized spacial score (nSPS) is 10.9. The summed E-state index contributed by atoms with van der Waals surface area (Å²) in [6.07, 6.45) is 7.19. The zero-order valence-electron chi connectivity index (χ0n) is 19.4. The molecule has 1 aromatic rings. The van der Waals surface area contributed by atoms with Crippen molar-refractivity contribution in [3.63, 3.8) is 0 Å². The lowest BCUT2D eigenvalue weighted by Gasteiger charge is -2.18. The summed E-state index contributed by atoms with van der Waals surface area (Å²) in [6, 6.07) is 8.61. The lowest BCUT2D eigenvalue weighted by molar-refractivity contribution is -0.148. The Labute approximate surface area is 206 Å². The third-order valence-electron chi connectivity index (χ3n) is 5.22. The molecule has 0 radical (unpaired) electrons. The van der Waals surface area contributed by atoms with E-state index in [2.05, 4.69) is 61.5 Å². The second kappa shape index (κ2) is 17.2. The summed E-state index contributed by atoms with van der Waals surface area (Å²) in [5, 5.41) is 18.2. The van der Waals surface area contributed by atoms with Gasteiger partial charge in [-0.3, -0.25) is 9.59 Å². The van der Waals surface area contributed by atoms with E-state index >= 15 is 0 Å². The number of carboxylic acid groups (broad SMARTS) is 2. The maximum atomic E-state index is 11.1. The molecule has 0 amide bonds. The first kappa shape index (κ1) is 31.8. The molecule has 0 heterocycles. The molecule has 0 bridgehead atoms. The summed E-state index contributed by atoms with van der Waals surface area (Å²) >= 11 is 4.24. The molecule has 174 valence electrons. The molecule has 0 saturated heterocycles. The number of aryl methyl sites for hydroxylation is 2. The smallest absolute Gasteiger partial charge is 0.309 e. The van der Waals surface area contributed by atoms with Crippen molar-refractivity contribution in [3.8, 4) is 0 Å². The largest absolute Gasteiger partial charge is 0.481 e. The van der Waals surface area contributed by atoms with Crippen molar-refractivity contribution in [1.29, 1.82) is 0 Å². The monoisotopic (exact) mass is 646 g/mol. The zero-order valence-corrected chi connectivity index (χ0v) is 23.7. The molecule has 1 rings (SSSR count). The van der Waals surface area contributed by atoms with Gasteiger partial charge in [-0.05, 0) is 77.3 Å². The molecule has 0 spiro atoms. The summed E-state index contributed by atoms with van der Waals surface area (Å²) in [5.41, 5.74) is 1.29. The number of unbranched alkanes of at least 4 members (excludes halogenated alkanes) is 2. The number of hydrogen-bond acceptors (Lipinski definition) is 2. The van der Waals surface area contributed by atoms with Gasteiger partial charge in [0.2, 0.25) is 0 Å². The molecule has 0 aliphatic heterocycles. The van der Waals surface area contributed by atoms with Gasteiger partial charge in [-0.1, -0.05) is 51.0 Å². The van der Waals surface area contributed by atoms with E-state index in [-0.39, 0.29) is 0 Å². The second-order valence-electron chi connectivity index (χ2n) is 8.61. The van der Waals surface area contributed by atoms with Crippen LogP contribution in [0.5, 0.6) is 0 Å². The molecule has 0 saturated carbocycles. The van der Waals surface area contributed by atoms with Crippen molar-refractivity contribution < 1.29 is 19.8 Å². The SMILES string of the molecule is CC.CC(C)(CCCCc1ccc(CCCCC(C)(C)C(=O)O)cc1)C(=O)O.II. The zero-order chi connectivity index (χ0) is 23.8. The molecule has 0 unspecified atom stereocenters. The van der Waals surface area contributed by atoms with Crippen LogP contribution in [0.4, 0.5) is 0 Å². The molecule has 0 atom stereocenters. The average Bonchev–Trinajstić information content (AvgIpc) is 2.72. The minimum absolute atomic E-state index is 0.640. The van der Waals surface area contributed by atoms with E-state index in [9.17, 15) is 9.59 Å². The van der Waals surface area contributed by atoms with Crippen molar-refractivity contribution >= 4 is 49.2 Å². The Morgan fingerprint density at radius 3 is 1.20 bits per heavy atom. The first-order valence-corrected chi connectivity index (χ1v) is 17.0. The standard InChI is InChI=1S/C22H34O4.C2H6.I2/c1-21(2,19(23)24)15-7-5-9-17-11-13-18(14-12-17)10-6-8-16-22(3,4)20(25)26;2*1-2/h11-14H,5-10,15-16H2,1-4H3,(H,23,24)(H,25,26);1-2H3;. The molecule has 30 heavy (non-hydrogen) atoms. The summed E-state index contributed by atoms with van der Waals surface area (Å²) in [5.74, 6) is -1.46. The van der Waals surface area contributed by atoms with Crippen LogP contribution in [0.25, 0.3) is 0 Å². The summed E-state index contributed by atoms with van der Waals surface area (Å²) in [4.78, 5) is 22.2. The van der Waals surface area contributed by atoms with Gasteiger partial charge >= 0.3 is 11.9 Å².